The molecule has 0 radical (unpaired) electrons. The monoisotopic (exact) mass is 433 g/mol. The molecule has 0 amide bonds. The molecule has 1 aromatic heterocycles. The lowest BCUT2D eigenvalue weighted by Crippen LogP contribution is -2.35. The van der Waals surface area contributed by atoms with Gasteiger partial charge in [-0.1, -0.05) is 24.6 Å². The number of fused-ring (bicyclic) bond motifs is 1. The van der Waals surface area contributed by atoms with Crippen molar-refractivity contribution in [2.24, 2.45) is 5.92 Å². The van der Waals surface area contributed by atoms with Gasteiger partial charge in [0, 0.05) is 25.7 Å². The highest BCUT2D eigenvalue weighted by atomic mass is 35.5. The highest BCUT2D eigenvalue weighted by Gasteiger charge is 2.19. The lowest BCUT2D eigenvalue weighted by molar-refractivity contribution is 0.171. The molecule has 154 valence electrons. The van der Waals surface area contributed by atoms with Crippen LogP contribution in [0.5, 0.6) is 11.5 Å². The van der Waals surface area contributed by atoms with E-state index in [2.05, 4.69) is 32.4 Å². The minimum absolute atomic E-state index is 0.394. The third-order valence-corrected chi connectivity index (χ3v) is 5.39. The first kappa shape index (κ1) is 20.0. The van der Waals surface area contributed by atoms with Crippen molar-refractivity contribution in [3.63, 3.8) is 0 Å². The van der Waals surface area contributed by atoms with Gasteiger partial charge >= 0.3 is 0 Å². The maximum Gasteiger partial charge on any atom is 0.232 e. The number of anilines is 2. The summed E-state index contributed by atoms with van der Waals surface area (Å²) >= 11 is 11.6. The van der Waals surface area contributed by atoms with Crippen LogP contribution in [0.4, 0.5) is 11.8 Å². The lowest BCUT2D eigenvalue weighted by Gasteiger charge is -2.32. The first-order chi connectivity index (χ1) is 14.1. The van der Waals surface area contributed by atoms with Gasteiger partial charge in [-0.3, -0.25) is 0 Å². The van der Waals surface area contributed by atoms with Crippen molar-refractivity contribution in [2.45, 2.75) is 26.3 Å². The summed E-state index contributed by atoms with van der Waals surface area (Å²) in [6, 6.07) is 7.65. The van der Waals surface area contributed by atoms with E-state index in [1.54, 1.807) is 6.07 Å². The van der Waals surface area contributed by atoms with E-state index in [1.807, 2.05) is 18.2 Å². The summed E-state index contributed by atoms with van der Waals surface area (Å²) in [5.74, 6) is 3.39. The molecular weight excluding hydrogens is 410 g/mol. The highest BCUT2D eigenvalue weighted by Crippen LogP contribution is 2.30. The molecule has 7 nitrogen and oxygen atoms in total. The second-order valence-electron chi connectivity index (χ2n) is 7.35. The third-order valence-electron chi connectivity index (χ3n) is 4.95. The number of ether oxygens (including phenoxy) is 2. The Morgan fingerprint density at radius 2 is 2.07 bits per heavy atom. The van der Waals surface area contributed by atoms with Gasteiger partial charge in [0.25, 0.3) is 0 Å². The van der Waals surface area contributed by atoms with Crippen LogP contribution in [0.3, 0.4) is 0 Å². The number of hydrogen-bond donors (Lipinski definition) is 2. The Morgan fingerprint density at radius 1 is 1.24 bits per heavy atom. The van der Waals surface area contributed by atoms with Crippen LogP contribution in [-0.2, 0) is 6.54 Å². The van der Waals surface area contributed by atoms with Crippen LogP contribution in [0.1, 0.15) is 25.3 Å². The van der Waals surface area contributed by atoms with E-state index in [0.29, 0.717) is 41.9 Å². The number of halogens is 1. The van der Waals surface area contributed by atoms with Gasteiger partial charge in [-0.15, -0.1) is 0 Å². The molecule has 0 bridgehead atoms. The van der Waals surface area contributed by atoms with Crippen LogP contribution in [0.25, 0.3) is 0 Å². The molecule has 2 N–H and O–H groups in total. The van der Waals surface area contributed by atoms with Crippen molar-refractivity contribution in [2.75, 3.05) is 36.5 Å². The third kappa shape index (κ3) is 5.19. The Morgan fingerprint density at radius 3 is 2.90 bits per heavy atom. The average Bonchev–Trinajstić information content (AvgIpc) is 2.72. The number of piperidine rings is 1. The van der Waals surface area contributed by atoms with Gasteiger partial charge in [0.2, 0.25) is 5.95 Å². The summed E-state index contributed by atoms with van der Waals surface area (Å²) in [5.41, 5.74) is 1.04. The van der Waals surface area contributed by atoms with Crippen LogP contribution >= 0.6 is 23.8 Å². The molecule has 2 aliphatic rings. The van der Waals surface area contributed by atoms with E-state index in [4.69, 9.17) is 33.3 Å². The molecule has 2 aromatic rings. The van der Waals surface area contributed by atoms with Crippen molar-refractivity contribution >= 4 is 40.7 Å². The fraction of sp³-hybridized carbons (Fsp3) is 0.450. The Bertz CT molecular complexity index is 897. The number of nitrogens with one attached hydrogen (secondary N) is 2. The van der Waals surface area contributed by atoms with E-state index >= 15 is 0 Å². The molecule has 4 rings (SSSR count). The van der Waals surface area contributed by atoms with Crippen LogP contribution in [0.2, 0.25) is 5.15 Å². The number of hydrogen-bond acceptors (Lipinski definition) is 6. The molecule has 0 saturated carbocycles. The first-order valence-corrected chi connectivity index (χ1v) is 10.6. The van der Waals surface area contributed by atoms with Crippen molar-refractivity contribution in [1.29, 1.82) is 0 Å². The molecule has 9 heteroatoms. The smallest absolute Gasteiger partial charge is 0.232 e. The van der Waals surface area contributed by atoms with Gasteiger partial charge in [-0.2, -0.15) is 4.98 Å². The number of nitrogens with zero attached hydrogens (tertiary/aromatic N) is 3. The summed E-state index contributed by atoms with van der Waals surface area (Å²) in [7, 11) is 0. The van der Waals surface area contributed by atoms with Gasteiger partial charge in [-0.05, 0) is 48.7 Å². The summed E-state index contributed by atoms with van der Waals surface area (Å²) in [4.78, 5) is 11.1. The van der Waals surface area contributed by atoms with Gasteiger partial charge in [0.05, 0.1) is 0 Å². The zero-order valence-electron chi connectivity index (χ0n) is 16.3. The van der Waals surface area contributed by atoms with E-state index in [9.17, 15) is 0 Å². The van der Waals surface area contributed by atoms with E-state index in [1.165, 1.54) is 6.42 Å². The largest absolute Gasteiger partial charge is 0.486 e. The standard InChI is InChI=1S/C20H24ClN5O2S/c1-13-3-2-6-26(12-13)18-10-17(21)23-19(24-18)25-20(29)22-11-14-4-5-15-16(9-14)28-8-7-27-15/h4-5,9-10,13H,2-3,6-8,11-12H2,1H3,(H2,22,23,24,25,29)/t13-/m1/s1. The van der Waals surface area contributed by atoms with Crippen LogP contribution in [0, 0.1) is 5.92 Å². The van der Waals surface area contributed by atoms with Gasteiger partial charge in [-0.25, -0.2) is 4.98 Å². The Balaban J connectivity index is 1.37. The molecule has 1 atom stereocenters. The minimum atomic E-state index is 0.394. The summed E-state index contributed by atoms with van der Waals surface area (Å²) in [5, 5.41) is 7.03. The van der Waals surface area contributed by atoms with Gasteiger partial charge in [0.15, 0.2) is 16.6 Å². The van der Waals surface area contributed by atoms with Crippen molar-refractivity contribution in [1.82, 2.24) is 15.3 Å². The quantitative estimate of drug-likeness (QED) is 0.559. The molecule has 1 saturated heterocycles. The first-order valence-electron chi connectivity index (χ1n) is 9.80. The average molecular weight is 434 g/mol. The summed E-state index contributed by atoms with van der Waals surface area (Å²) < 4.78 is 11.2. The maximum absolute atomic E-state index is 6.22. The molecule has 1 aromatic carbocycles. The van der Waals surface area contributed by atoms with Crippen LogP contribution < -0.4 is 25.0 Å². The molecule has 29 heavy (non-hydrogen) atoms. The predicted octanol–water partition coefficient (Wildman–Crippen LogP) is 3.62. The van der Waals surface area contributed by atoms with E-state index in [-0.39, 0.29) is 0 Å². The molecule has 0 unspecified atom stereocenters. The maximum atomic E-state index is 6.22. The normalized spacial score (nSPS) is 18.3. The SMILES string of the molecule is C[C@@H]1CCCN(c2cc(Cl)nc(NC(=S)NCc3ccc4c(c3)OCCO4)n2)C1. The second kappa shape index (κ2) is 9.00. The Kier molecular flexibility index (Phi) is 6.20. The molecule has 2 aliphatic heterocycles. The highest BCUT2D eigenvalue weighted by molar-refractivity contribution is 7.80. The van der Waals surface area contributed by atoms with E-state index in [0.717, 1.165) is 42.4 Å². The molecule has 0 spiro atoms. The zero-order valence-corrected chi connectivity index (χ0v) is 17.9. The molecule has 3 heterocycles. The van der Waals surface area contributed by atoms with Crippen molar-refractivity contribution in [3.8, 4) is 11.5 Å². The van der Waals surface area contributed by atoms with Gasteiger partial charge in [0.1, 0.15) is 24.2 Å². The summed E-state index contributed by atoms with van der Waals surface area (Å²) in [6.45, 7) is 5.89. The van der Waals surface area contributed by atoms with Crippen molar-refractivity contribution in [3.05, 3.63) is 35.0 Å². The second-order valence-corrected chi connectivity index (χ2v) is 8.15. The fourth-order valence-corrected chi connectivity index (χ4v) is 3.89. The van der Waals surface area contributed by atoms with E-state index < -0.39 is 0 Å². The number of aromatic nitrogens is 2. The topological polar surface area (TPSA) is 71.5 Å². The predicted molar refractivity (Wildman–Crippen MR) is 118 cm³/mol. The Labute approximate surface area is 180 Å². The number of benzene rings is 1. The zero-order chi connectivity index (χ0) is 20.2. The molecule has 1 fully saturated rings. The molecular formula is C20H24ClN5O2S. The minimum Gasteiger partial charge on any atom is -0.486 e. The lowest BCUT2D eigenvalue weighted by atomic mass is 10.0. The Hall–Kier alpha value is -2.32. The fourth-order valence-electron chi connectivity index (χ4n) is 3.55. The van der Waals surface area contributed by atoms with Crippen molar-refractivity contribution < 1.29 is 9.47 Å². The molecule has 0 aliphatic carbocycles. The van der Waals surface area contributed by atoms with Gasteiger partial charge < -0.3 is 25.0 Å². The van der Waals surface area contributed by atoms with Crippen LogP contribution in [0.15, 0.2) is 24.3 Å². The number of rotatable bonds is 4. The number of thiocarbonyl (C=S) groups is 1. The summed E-state index contributed by atoms with van der Waals surface area (Å²) in [6.07, 6.45) is 2.40. The van der Waals surface area contributed by atoms with Crippen LogP contribution in [-0.4, -0.2) is 41.4 Å².